The highest BCUT2D eigenvalue weighted by molar-refractivity contribution is 5.94. The van der Waals surface area contributed by atoms with Crippen LogP contribution >= 0.6 is 0 Å². The van der Waals surface area contributed by atoms with E-state index in [0.29, 0.717) is 11.6 Å². The van der Waals surface area contributed by atoms with Crippen LogP contribution in [-0.4, -0.2) is 27.5 Å². The lowest BCUT2D eigenvalue weighted by Crippen LogP contribution is -2.34. The normalized spacial score (nSPS) is 10.4. The molecule has 4 rings (SSSR count). The van der Waals surface area contributed by atoms with E-state index in [1.165, 1.54) is 6.33 Å². The van der Waals surface area contributed by atoms with Crippen molar-refractivity contribution in [2.45, 2.75) is 0 Å². The Hall–Kier alpha value is -4.40. The summed E-state index contributed by atoms with van der Waals surface area (Å²) in [5.41, 5.74) is 13.3. The number of hydrogen-bond donors (Lipinski definition) is 4. The average molecular weight is 401 g/mol. The Kier molecular flexibility index (Phi) is 5.52. The minimum atomic E-state index is -0.383. The van der Waals surface area contributed by atoms with Gasteiger partial charge in [0.2, 0.25) is 0 Å². The molecule has 2 aromatic carbocycles. The molecule has 2 heterocycles. The van der Waals surface area contributed by atoms with Gasteiger partial charge in [0.25, 0.3) is 5.91 Å². The van der Waals surface area contributed by atoms with Crippen molar-refractivity contribution in [3.05, 3.63) is 73.2 Å². The molecule has 0 aliphatic rings. The molecule has 4 aromatic rings. The standard InChI is InChI=1S/C21H19N7O2/c22-19-20(26-17-10-4-9-16-15(17)8-5-11-23-16)24-13-25-21(19)28-27-18(29)12-30-14-6-2-1-3-7-14/h1-11,13H,12,22H2,(H,27,29)(H2,24,25,26,28). The lowest BCUT2D eigenvalue weighted by atomic mass is 10.2. The number of aromatic nitrogens is 3. The molecule has 0 saturated heterocycles. The number of hydrazine groups is 1. The van der Waals surface area contributed by atoms with E-state index in [1.807, 2.05) is 48.5 Å². The van der Waals surface area contributed by atoms with Gasteiger partial charge < -0.3 is 15.8 Å². The number of anilines is 4. The van der Waals surface area contributed by atoms with Crippen LogP contribution in [-0.2, 0) is 4.79 Å². The van der Waals surface area contributed by atoms with Crippen LogP contribution in [0.3, 0.4) is 0 Å². The number of para-hydroxylation sites is 1. The molecule has 0 unspecified atom stereocenters. The Morgan fingerprint density at radius 2 is 1.77 bits per heavy atom. The summed E-state index contributed by atoms with van der Waals surface area (Å²) >= 11 is 0. The van der Waals surface area contributed by atoms with Gasteiger partial charge in [-0.25, -0.2) is 9.97 Å². The van der Waals surface area contributed by atoms with Gasteiger partial charge in [0, 0.05) is 17.3 Å². The van der Waals surface area contributed by atoms with Gasteiger partial charge in [-0.05, 0) is 36.4 Å². The van der Waals surface area contributed by atoms with Gasteiger partial charge in [-0.2, -0.15) is 0 Å². The van der Waals surface area contributed by atoms with Crippen molar-refractivity contribution < 1.29 is 9.53 Å². The number of nitrogens with zero attached hydrogens (tertiary/aromatic N) is 3. The number of hydrogen-bond acceptors (Lipinski definition) is 8. The second kappa shape index (κ2) is 8.74. The topological polar surface area (TPSA) is 127 Å². The van der Waals surface area contributed by atoms with Gasteiger partial charge in [0.1, 0.15) is 17.8 Å². The Balaban J connectivity index is 1.42. The highest BCUT2D eigenvalue weighted by atomic mass is 16.5. The van der Waals surface area contributed by atoms with Crippen LogP contribution in [0.2, 0.25) is 0 Å². The van der Waals surface area contributed by atoms with Gasteiger partial charge in [-0.15, -0.1) is 0 Å². The fraction of sp³-hybridized carbons (Fsp3) is 0.0476. The van der Waals surface area contributed by atoms with E-state index >= 15 is 0 Å². The quantitative estimate of drug-likeness (QED) is 0.348. The van der Waals surface area contributed by atoms with Crippen LogP contribution in [0.4, 0.5) is 23.0 Å². The summed E-state index contributed by atoms with van der Waals surface area (Å²) in [6, 6.07) is 18.6. The van der Waals surface area contributed by atoms with E-state index in [0.717, 1.165) is 16.6 Å². The van der Waals surface area contributed by atoms with Crippen LogP contribution < -0.4 is 26.6 Å². The second-order valence-electron chi connectivity index (χ2n) is 6.26. The Labute approximate surface area is 172 Å². The third-order valence-corrected chi connectivity index (χ3v) is 4.22. The number of fused-ring (bicyclic) bond motifs is 1. The molecule has 0 aliphatic carbocycles. The van der Waals surface area contributed by atoms with E-state index in [9.17, 15) is 4.79 Å². The van der Waals surface area contributed by atoms with Crippen molar-refractivity contribution in [3.8, 4) is 5.75 Å². The van der Waals surface area contributed by atoms with Crippen molar-refractivity contribution in [3.63, 3.8) is 0 Å². The molecule has 0 fully saturated rings. The molecule has 9 nitrogen and oxygen atoms in total. The minimum Gasteiger partial charge on any atom is -0.484 e. The Morgan fingerprint density at radius 3 is 2.63 bits per heavy atom. The summed E-state index contributed by atoms with van der Waals surface area (Å²) in [5, 5.41) is 4.13. The van der Waals surface area contributed by atoms with Crippen molar-refractivity contribution in [2.24, 2.45) is 0 Å². The summed E-state index contributed by atoms with van der Waals surface area (Å²) in [7, 11) is 0. The molecule has 9 heteroatoms. The predicted molar refractivity (Wildman–Crippen MR) is 115 cm³/mol. The van der Waals surface area contributed by atoms with Gasteiger partial charge in [0.05, 0.1) is 5.52 Å². The lowest BCUT2D eigenvalue weighted by Gasteiger charge is -2.14. The van der Waals surface area contributed by atoms with E-state index < -0.39 is 0 Å². The number of carbonyl (C=O) groups is 1. The number of nitrogens with two attached hydrogens (primary N) is 1. The number of carbonyl (C=O) groups excluding carboxylic acids is 1. The fourth-order valence-corrected chi connectivity index (χ4v) is 2.77. The van der Waals surface area contributed by atoms with Gasteiger partial charge in [-0.3, -0.25) is 20.6 Å². The predicted octanol–water partition coefficient (Wildman–Crippen LogP) is 2.87. The fourth-order valence-electron chi connectivity index (χ4n) is 2.77. The summed E-state index contributed by atoms with van der Waals surface area (Å²) in [4.78, 5) is 24.6. The molecular formula is C21H19N7O2. The smallest absolute Gasteiger partial charge is 0.276 e. The summed E-state index contributed by atoms with van der Waals surface area (Å²) < 4.78 is 5.40. The number of amides is 1. The third-order valence-electron chi connectivity index (χ3n) is 4.22. The Bertz CT molecular complexity index is 1160. The number of pyridine rings is 1. The number of rotatable bonds is 7. The SMILES string of the molecule is Nc1c(NNC(=O)COc2ccccc2)ncnc1Nc1cccc2ncccc12. The molecule has 0 radical (unpaired) electrons. The van der Waals surface area contributed by atoms with E-state index in [1.54, 1.807) is 18.3 Å². The van der Waals surface area contributed by atoms with Crippen molar-refractivity contribution >= 4 is 39.8 Å². The summed E-state index contributed by atoms with van der Waals surface area (Å²) in [6.45, 7) is -0.157. The first kappa shape index (κ1) is 18.9. The highest BCUT2D eigenvalue weighted by Crippen LogP contribution is 2.29. The molecule has 0 saturated carbocycles. The van der Waals surface area contributed by atoms with Gasteiger partial charge >= 0.3 is 0 Å². The molecule has 2 aromatic heterocycles. The zero-order chi connectivity index (χ0) is 20.8. The van der Waals surface area contributed by atoms with Crippen molar-refractivity contribution in [1.29, 1.82) is 0 Å². The maximum atomic E-state index is 12.0. The van der Waals surface area contributed by atoms with Crippen LogP contribution in [0.15, 0.2) is 73.2 Å². The van der Waals surface area contributed by atoms with Gasteiger partial charge in [0.15, 0.2) is 18.2 Å². The second-order valence-corrected chi connectivity index (χ2v) is 6.26. The largest absolute Gasteiger partial charge is 0.484 e. The van der Waals surface area contributed by atoms with Crippen LogP contribution in [0.5, 0.6) is 5.75 Å². The van der Waals surface area contributed by atoms with Crippen molar-refractivity contribution in [1.82, 2.24) is 20.4 Å². The highest BCUT2D eigenvalue weighted by Gasteiger charge is 2.11. The number of nitrogen functional groups attached to an aromatic ring is 1. The molecule has 1 amide bonds. The number of nitrogens with one attached hydrogen (secondary N) is 3. The Morgan fingerprint density at radius 1 is 0.933 bits per heavy atom. The molecular weight excluding hydrogens is 382 g/mol. The maximum absolute atomic E-state index is 12.0. The van der Waals surface area contributed by atoms with Crippen LogP contribution in [0.1, 0.15) is 0 Å². The monoisotopic (exact) mass is 401 g/mol. The maximum Gasteiger partial charge on any atom is 0.276 e. The van der Waals surface area contributed by atoms with E-state index in [-0.39, 0.29) is 24.0 Å². The first-order chi connectivity index (χ1) is 14.7. The first-order valence-electron chi connectivity index (χ1n) is 9.14. The number of benzene rings is 2. The van der Waals surface area contributed by atoms with E-state index in [4.69, 9.17) is 10.5 Å². The molecule has 0 atom stereocenters. The van der Waals surface area contributed by atoms with Crippen molar-refractivity contribution in [2.75, 3.05) is 23.1 Å². The molecule has 0 aliphatic heterocycles. The van der Waals surface area contributed by atoms with E-state index in [2.05, 4.69) is 31.1 Å². The lowest BCUT2D eigenvalue weighted by molar-refractivity contribution is -0.122. The molecule has 0 bridgehead atoms. The first-order valence-corrected chi connectivity index (χ1v) is 9.14. The molecule has 0 spiro atoms. The molecule has 30 heavy (non-hydrogen) atoms. The number of ether oxygens (including phenoxy) is 1. The summed E-state index contributed by atoms with van der Waals surface area (Å²) in [6.07, 6.45) is 3.08. The zero-order valence-electron chi connectivity index (χ0n) is 15.9. The minimum absolute atomic E-state index is 0.157. The van der Waals surface area contributed by atoms with Gasteiger partial charge in [-0.1, -0.05) is 24.3 Å². The molecule has 150 valence electrons. The average Bonchev–Trinajstić information content (AvgIpc) is 2.79. The van der Waals surface area contributed by atoms with Crippen LogP contribution in [0.25, 0.3) is 10.9 Å². The third kappa shape index (κ3) is 4.36. The van der Waals surface area contributed by atoms with Crippen LogP contribution in [0, 0.1) is 0 Å². The summed E-state index contributed by atoms with van der Waals surface area (Å²) in [5.74, 6) is 0.884. The zero-order valence-corrected chi connectivity index (χ0v) is 15.9. The molecule has 5 N–H and O–H groups in total.